The average molecular weight is 385 g/mol. The number of nitrogens with zero attached hydrogens (tertiary/aromatic N) is 2. The highest BCUT2D eigenvalue weighted by atomic mass is 32.1. The Labute approximate surface area is 167 Å². The molecule has 0 bridgehead atoms. The third-order valence-electron chi connectivity index (χ3n) is 4.70. The maximum Gasteiger partial charge on any atom is 0.161 e. The molecule has 0 radical (unpaired) electrons. The van der Waals surface area contributed by atoms with Crippen LogP contribution in [0.5, 0.6) is 11.5 Å². The van der Waals surface area contributed by atoms with Gasteiger partial charge in [-0.2, -0.15) is 0 Å². The van der Waals surface area contributed by atoms with Gasteiger partial charge in [0.25, 0.3) is 0 Å². The van der Waals surface area contributed by atoms with E-state index in [2.05, 4.69) is 40.1 Å². The summed E-state index contributed by atoms with van der Waals surface area (Å²) in [6.45, 7) is 10.1. The van der Waals surface area contributed by atoms with Crippen molar-refractivity contribution in [2.75, 3.05) is 39.4 Å². The van der Waals surface area contributed by atoms with E-state index in [0.29, 0.717) is 13.2 Å². The van der Waals surface area contributed by atoms with Gasteiger partial charge >= 0.3 is 0 Å². The number of thiocarbonyl (C=S) groups is 1. The summed E-state index contributed by atoms with van der Waals surface area (Å²) in [5.74, 6) is 1.54. The molecule has 1 saturated heterocycles. The summed E-state index contributed by atoms with van der Waals surface area (Å²) in [4.78, 5) is 5.67. The maximum atomic E-state index is 5.77. The van der Waals surface area contributed by atoms with E-state index in [0.717, 1.165) is 54.8 Å². The first-order valence-corrected chi connectivity index (χ1v) is 10.1. The van der Waals surface area contributed by atoms with Crippen molar-refractivity contribution in [3.63, 3.8) is 0 Å². The molecule has 144 valence electrons. The van der Waals surface area contributed by atoms with Crippen LogP contribution in [0.4, 0.5) is 0 Å². The van der Waals surface area contributed by atoms with Gasteiger partial charge in [-0.05, 0) is 37.6 Å². The molecule has 0 N–H and O–H groups in total. The zero-order valence-electron chi connectivity index (χ0n) is 16.2. The highest BCUT2D eigenvalue weighted by Crippen LogP contribution is 2.29. The summed E-state index contributed by atoms with van der Waals surface area (Å²) in [5, 5.41) is 0. The molecule has 0 unspecified atom stereocenters. The van der Waals surface area contributed by atoms with E-state index in [-0.39, 0.29) is 0 Å². The molecule has 2 aromatic rings. The number of benzene rings is 2. The highest BCUT2D eigenvalue weighted by molar-refractivity contribution is 7.80. The molecule has 0 aromatic heterocycles. The lowest BCUT2D eigenvalue weighted by molar-refractivity contribution is 0.177. The van der Waals surface area contributed by atoms with Crippen LogP contribution >= 0.6 is 12.2 Å². The summed E-state index contributed by atoms with van der Waals surface area (Å²) >= 11 is 5.77. The second-order valence-electron chi connectivity index (χ2n) is 6.58. The van der Waals surface area contributed by atoms with Gasteiger partial charge in [-0.3, -0.25) is 4.90 Å². The minimum Gasteiger partial charge on any atom is -0.490 e. The Kier molecular flexibility index (Phi) is 7.07. The Hall–Kier alpha value is -2.11. The van der Waals surface area contributed by atoms with Gasteiger partial charge in [0.1, 0.15) is 4.99 Å². The van der Waals surface area contributed by atoms with Gasteiger partial charge in [0.2, 0.25) is 0 Å². The second-order valence-corrected chi connectivity index (χ2v) is 6.97. The smallest absolute Gasteiger partial charge is 0.161 e. The molecule has 27 heavy (non-hydrogen) atoms. The first-order valence-electron chi connectivity index (χ1n) is 9.66. The third kappa shape index (κ3) is 5.21. The lowest BCUT2D eigenvalue weighted by atomic mass is 10.1. The van der Waals surface area contributed by atoms with Gasteiger partial charge < -0.3 is 14.4 Å². The quantitative estimate of drug-likeness (QED) is 0.673. The highest BCUT2D eigenvalue weighted by Gasteiger charge is 2.20. The zero-order valence-corrected chi connectivity index (χ0v) is 17.0. The van der Waals surface area contributed by atoms with E-state index in [1.807, 2.05) is 32.0 Å². The number of hydrogen-bond donors (Lipinski definition) is 0. The Balaban J connectivity index is 1.61. The molecule has 1 fully saturated rings. The van der Waals surface area contributed by atoms with E-state index in [1.165, 1.54) is 5.56 Å². The van der Waals surface area contributed by atoms with Gasteiger partial charge in [0.15, 0.2) is 11.5 Å². The van der Waals surface area contributed by atoms with E-state index in [1.54, 1.807) is 0 Å². The zero-order chi connectivity index (χ0) is 19.1. The van der Waals surface area contributed by atoms with Crippen molar-refractivity contribution in [3.8, 4) is 11.5 Å². The van der Waals surface area contributed by atoms with Crippen LogP contribution in [-0.4, -0.2) is 54.2 Å². The summed E-state index contributed by atoms with van der Waals surface area (Å²) in [6, 6.07) is 16.6. The lowest BCUT2D eigenvalue weighted by Crippen LogP contribution is -2.48. The largest absolute Gasteiger partial charge is 0.490 e. The first kappa shape index (κ1) is 19.6. The van der Waals surface area contributed by atoms with Crippen molar-refractivity contribution in [1.29, 1.82) is 0 Å². The maximum absolute atomic E-state index is 5.77. The summed E-state index contributed by atoms with van der Waals surface area (Å²) < 4.78 is 11.4. The summed E-state index contributed by atoms with van der Waals surface area (Å²) in [6.07, 6.45) is 0. The molecule has 5 heteroatoms. The van der Waals surface area contributed by atoms with E-state index < -0.39 is 0 Å². The van der Waals surface area contributed by atoms with Gasteiger partial charge in [0, 0.05) is 38.3 Å². The van der Waals surface area contributed by atoms with Crippen molar-refractivity contribution < 1.29 is 9.47 Å². The molecule has 0 amide bonds. The third-order valence-corrected chi connectivity index (χ3v) is 5.19. The SMILES string of the molecule is CCOc1ccc(C(=S)N2CCN(Cc3ccccc3)CC2)cc1OCC. The fourth-order valence-electron chi connectivity index (χ4n) is 3.32. The molecule has 0 saturated carbocycles. The summed E-state index contributed by atoms with van der Waals surface area (Å²) in [5.41, 5.74) is 2.38. The molecule has 1 aliphatic heterocycles. The standard InChI is InChI=1S/C22H28N2O2S/c1-3-25-20-11-10-19(16-21(20)26-4-2)22(27)24-14-12-23(13-15-24)17-18-8-6-5-7-9-18/h5-11,16H,3-4,12-15,17H2,1-2H3. The molecule has 0 atom stereocenters. The monoisotopic (exact) mass is 384 g/mol. The van der Waals surface area contributed by atoms with Gasteiger partial charge in [-0.15, -0.1) is 0 Å². The van der Waals surface area contributed by atoms with Crippen molar-refractivity contribution in [3.05, 3.63) is 59.7 Å². The Morgan fingerprint density at radius 3 is 2.22 bits per heavy atom. The Bertz CT molecular complexity index is 743. The van der Waals surface area contributed by atoms with Crippen LogP contribution in [0.2, 0.25) is 0 Å². The topological polar surface area (TPSA) is 24.9 Å². The first-order chi connectivity index (χ1) is 13.2. The van der Waals surface area contributed by atoms with E-state index in [9.17, 15) is 0 Å². The molecular formula is C22H28N2O2S. The fraction of sp³-hybridized carbons (Fsp3) is 0.409. The van der Waals surface area contributed by atoms with Crippen molar-refractivity contribution in [2.45, 2.75) is 20.4 Å². The van der Waals surface area contributed by atoms with Crippen LogP contribution in [0.15, 0.2) is 48.5 Å². The molecule has 1 heterocycles. The van der Waals surface area contributed by atoms with Crippen molar-refractivity contribution in [1.82, 2.24) is 9.80 Å². The van der Waals surface area contributed by atoms with Crippen LogP contribution in [0.25, 0.3) is 0 Å². The number of hydrogen-bond acceptors (Lipinski definition) is 4. The predicted octanol–water partition coefficient (Wildman–Crippen LogP) is 3.98. The average Bonchev–Trinajstić information content (AvgIpc) is 2.70. The normalized spacial score (nSPS) is 14.8. The number of ether oxygens (including phenoxy) is 2. The minimum absolute atomic E-state index is 0.606. The molecule has 2 aromatic carbocycles. The van der Waals surface area contributed by atoms with Crippen LogP contribution < -0.4 is 9.47 Å². The van der Waals surface area contributed by atoms with Crippen LogP contribution in [0, 0.1) is 0 Å². The van der Waals surface area contributed by atoms with Gasteiger partial charge in [-0.1, -0.05) is 42.5 Å². The molecule has 3 rings (SSSR count). The predicted molar refractivity (Wildman–Crippen MR) is 114 cm³/mol. The van der Waals surface area contributed by atoms with Crippen molar-refractivity contribution in [2.24, 2.45) is 0 Å². The lowest BCUT2D eigenvalue weighted by Gasteiger charge is -2.36. The molecule has 0 spiro atoms. The van der Waals surface area contributed by atoms with E-state index >= 15 is 0 Å². The van der Waals surface area contributed by atoms with Crippen LogP contribution in [-0.2, 0) is 6.54 Å². The summed E-state index contributed by atoms with van der Waals surface area (Å²) in [7, 11) is 0. The molecule has 0 aliphatic carbocycles. The van der Waals surface area contributed by atoms with Crippen LogP contribution in [0.1, 0.15) is 25.0 Å². The van der Waals surface area contributed by atoms with Gasteiger partial charge in [-0.25, -0.2) is 0 Å². The fourth-order valence-corrected chi connectivity index (χ4v) is 3.63. The number of rotatable bonds is 7. The molecular weight excluding hydrogens is 356 g/mol. The minimum atomic E-state index is 0.606. The molecule has 4 nitrogen and oxygen atoms in total. The van der Waals surface area contributed by atoms with Gasteiger partial charge in [0.05, 0.1) is 13.2 Å². The van der Waals surface area contributed by atoms with Crippen LogP contribution in [0.3, 0.4) is 0 Å². The molecule has 1 aliphatic rings. The Morgan fingerprint density at radius 1 is 0.889 bits per heavy atom. The van der Waals surface area contributed by atoms with Crippen molar-refractivity contribution >= 4 is 17.2 Å². The number of piperazine rings is 1. The van der Waals surface area contributed by atoms with E-state index in [4.69, 9.17) is 21.7 Å². The second kappa shape index (κ2) is 9.72. The Morgan fingerprint density at radius 2 is 1.56 bits per heavy atom.